The van der Waals surface area contributed by atoms with Crippen molar-refractivity contribution < 1.29 is 33.6 Å². The summed E-state index contributed by atoms with van der Waals surface area (Å²) in [6.45, 7) is 14.4. The smallest absolute Gasteiger partial charge is 0.306 e. The van der Waals surface area contributed by atoms with E-state index in [-0.39, 0.29) is 54.4 Å². The maximum Gasteiger partial charge on any atom is 0.306 e. The van der Waals surface area contributed by atoms with E-state index in [1.165, 1.54) is 6.92 Å². The molecule has 4 fully saturated rings. The Balaban J connectivity index is 1.79. The van der Waals surface area contributed by atoms with E-state index in [1.54, 1.807) is 0 Å². The highest BCUT2D eigenvalue weighted by atomic mass is 16.6. The van der Waals surface area contributed by atoms with Crippen molar-refractivity contribution in [1.29, 1.82) is 0 Å². The molecule has 0 radical (unpaired) electrons. The Morgan fingerprint density at radius 1 is 1.18 bits per heavy atom. The topological polar surface area (TPSA) is 91.3 Å². The molecule has 7 heteroatoms. The van der Waals surface area contributed by atoms with E-state index in [1.807, 2.05) is 13.8 Å². The Morgan fingerprint density at radius 3 is 2.58 bits per heavy atom. The molecular weight excluding hydrogens is 424 g/mol. The molecule has 2 bridgehead atoms. The lowest BCUT2D eigenvalue weighted by molar-refractivity contribution is -0.204. The third-order valence-corrected chi connectivity index (χ3v) is 8.62. The monoisotopic (exact) mass is 464 g/mol. The fourth-order valence-corrected chi connectivity index (χ4v) is 6.94. The lowest BCUT2D eigenvalue weighted by Crippen LogP contribution is -2.57. The molecule has 0 aromatic heterocycles. The Kier molecular flexibility index (Phi) is 6.96. The molecule has 186 valence electrons. The standard InChI is InChI=1S/C26H40O7/c1-7-8-21(29)33-24-14(3)9-17-15(4)12-30-26(6)20(31-16(5)27)11-18(28)13(2)10-19-23(24)22(17)25(26)32-19/h14-15,17-20,22-25,28H,2,7-12H2,1,3-6H3. The Hall–Kier alpha value is -1.44. The number of fused-ring (bicyclic) bond motifs is 2. The maximum atomic E-state index is 12.6. The van der Waals surface area contributed by atoms with Crippen molar-refractivity contribution in [2.75, 3.05) is 6.61 Å². The molecule has 7 nitrogen and oxygen atoms in total. The Morgan fingerprint density at radius 2 is 1.91 bits per heavy atom. The number of carbonyl (C=O) groups excluding carboxylic acids is 2. The summed E-state index contributed by atoms with van der Waals surface area (Å²) >= 11 is 0. The van der Waals surface area contributed by atoms with Crippen molar-refractivity contribution in [3.05, 3.63) is 12.2 Å². The van der Waals surface area contributed by atoms with Gasteiger partial charge in [0.2, 0.25) is 0 Å². The fraction of sp³-hybridized carbons (Fsp3) is 0.846. The minimum Gasteiger partial charge on any atom is -0.462 e. The molecule has 3 heterocycles. The lowest BCUT2D eigenvalue weighted by atomic mass is 9.59. The van der Waals surface area contributed by atoms with Gasteiger partial charge in [0.15, 0.2) is 0 Å². The number of aliphatic hydroxyl groups is 1. The first-order valence-corrected chi connectivity index (χ1v) is 12.6. The molecule has 1 aliphatic carbocycles. The van der Waals surface area contributed by atoms with Crippen LogP contribution in [0.2, 0.25) is 0 Å². The van der Waals surface area contributed by atoms with Crippen molar-refractivity contribution in [2.24, 2.45) is 29.6 Å². The molecule has 33 heavy (non-hydrogen) atoms. The molecule has 1 N–H and O–H groups in total. The average Bonchev–Trinajstić information content (AvgIpc) is 3.08. The minimum atomic E-state index is -0.920. The second-order valence-corrected chi connectivity index (χ2v) is 11.0. The van der Waals surface area contributed by atoms with Crippen LogP contribution in [-0.2, 0) is 28.5 Å². The van der Waals surface area contributed by atoms with E-state index < -0.39 is 23.8 Å². The van der Waals surface area contributed by atoms with Crippen molar-refractivity contribution in [3.8, 4) is 0 Å². The molecule has 3 aliphatic heterocycles. The summed E-state index contributed by atoms with van der Waals surface area (Å²) in [5.74, 6) is 0.329. The molecule has 11 atom stereocenters. The van der Waals surface area contributed by atoms with Gasteiger partial charge in [0, 0.05) is 31.6 Å². The molecule has 1 saturated carbocycles. The molecule has 4 rings (SSSR count). The average molecular weight is 465 g/mol. The van der Waals surface area contributed by atoms with Crippen LogP contribution in [0.1, 0.15) is 66.7 Å². The number of carbonyl (C=O) groups is 2. The van der Waals surface area contributed by atoms with Crippen LogP contribution in [0, 0.1) is 29.6 Å². The Labute approximate surface area is 197 Å². The first kappa shape index (κ1) is 24.7. The first-order chi connectivity index (χ1) is 15.6. The largest absolute Gasteiger partial charge is 0.462 e. The van der Waals surface area contributed by atoms with E-state index in [0.717, 1.165) is 12.8 Å². The molecule has 3 saturated heterocycles. The summed E-state index contributed by atoms with van der Waals surface area (Å²) in [5, 5.41) is 10.9. The SMILES string of the molecule is C=C1CC2OC3C4C(CC(C)C(OC(=O)CCC)C24)C(C)COC3(C)C(OC(C)=O)CC1O. The normalized spacial score (nSPS) is 47.0. The van der Waals surface area contributed by atoms with Gasteiger partial charge in [0.05, 0.1) is 24.9 Å². The van der Waals surface area contributed by atoms with Gasteiger partial charge >= 0.3 is 11.9 Å². The summed E-state index contributed by atoms with van der Waals surface area (Å²) in [5.41, 5.74) is -0.266. The van der Waals surface area contributed by atoms with Gasteiger partial charge in [0.1, 0.15) is 17.8 Å². The number of ether oxygens (including phenoxy) is 4. The lowest BCUT2D eigenvalue weighted by Gasteiger charge is -2.47. The Bertz CT molecular complexity index is 781. The van der Waals surface area contributed by atoms with Crippen LogP contribution in [0.25, 0.3) is 0 Å². The zero-order valence-electron chi connectivity index (χ0n) is 20.6. The molecule has 0 aromatic rings. The van der Waals surface area contributed by atoms with E-state index >= 15 is 0 Å². The zero-order chi connectivity index (χ0) is 24.1. The highest BCUT2D eigenvalue weighted by Gasteiger charge is 2.65. The second-order valence-electron chi connectivity index (χ2n) is 11.0. The fourth-order valence-electron chi connectivity index (χ4n) is 6.94. The van der Waals surface area contributed by atoms with E-state index in [4.69, 9.17) is 18.9 Å². The van der Waals surface area contributed by atoms with Gasteiger partial charge in [0.25, 0.3) is 0 Å². The van der Waals surface area contributed by atoms with Gasteiger partial charge in [-0.25, -0.2) is 0 Å². The number of aliphatic hydroxyl groups excluding tert-OH is 1. The molecule has 4 aliphatic rings. The van der Waals surface area contributed by atoms with E-state index in [9.17, 15) is 14.7 Å². The molecule has 11 unspecified atom stereocenters. The first-order valence-electron chi connectivity index (χ1n) is 12.6. The van der Waals surface area contributed by atoms with Crippen LogP contribution < -0.4 is 0 Å². The van der Waals surface area contributed by atoms with Gasteiger partial charge in [-0.1, -0.05) is 27.4 Å². The molecular formula is C26H40O7. The quantitative estimate of drug-likeness (QED) is 0.503. The van der Waals surface area contributed by atoms with Crippen LogP contribution in [0.15, 0.2) is 12.2 Å². The summed E-state index contributed by atoms with van der Waals surface area (Å²) in [7, 11) is 0. The van der Waals surface area contributed by atoms with Crippen LogP contribution >= 0.6 is 0 Å². The van der Waals surface area contributed by atoms with Gasteiger partial charge in [-0.2, -0.15) is 0 Å². The second kappa shape index (κ2) is 9.31. The summed E-state index contributed by atoms with van der Waals surface area (Å²) < 4.78 is 25.2. The van der Waals surface area contributed by atoms with E-state index in [0.29, 0.717) is 30.9 Å². The number of hydrogen-bond donors (Lipinski definition) is 1. The van der Waals surface area contributed by atoms with E-state index in [2.05, 4.69) is 20.4 Å². The third-order valence-electron chi connectivity index (χ3n) is 8.62. The van der Waals surface area contributed by atoms with Gasteiger partial charge in [-0.15, -0.1) is 0 Å². The van der Waals surface area contributed by atoms with Crippen LogP contribution in [0.5, 0.6) is 0 Å². The number of rotatable bonds is 4. The van der Waals surface area contributed by atoms with Crippen molar-refractivity contribution in [1.82, 2.24) is 0 Å². The number of hydrogen-bond acceptors (Lipinski definition) is 7. The highest BCUT2D eigenvalue weighted by molar-refractivity contribution is 5.69. The van der Waals surface area contributed by atoms with Crippen LogP contribution in [0.3, 0.4) is 0 Å². The van der Waals surface area contributed by atoms with Gasteiger partial charge in [-0.05, 0) is 49.5 Å². The highest BCUT2D eigenvalue weighted by Crippen LogP contribution is 2.58. The predicted molar refractivity (Wildman–Crippen MR) is 121 cm³/mol. The zero-order valence-corrected chi connectivity index (χ0v) is 20.6. The van der Waals surface area contributed by atoms with Crippen molar-refractivity contribution in [3.63, 3.8) is 0 Å². The summed E-state index contributed by atoms with van der Waals surface area (Å²) in [6, 6.07) is 0. The van der Waals surface area contributed by atoms with Crippen molar-refractivity contribution in [2.45, 2.75) is 103 Å². The molecule has 0 amide bonds. The van der Waals surface area contributed by atoms with Crippen molar-refractivity contribution >= 4 is 11.9 Å². The maximum absolute atomic E-state index is 12.6. The molecule has 0 aromatic carbocycles. The summed E-state index contributed by atoms with van der Waals surface area (Å²) in [6.07, 6.45) is 0.448. The predicted octanol–water partition coefficient (Wildman–Crippen LogP) is 3.42. The van der Waals surface area contributed by atoms with Gasteiger partial charge in [-0.3, -0.25) is 9.59 Å². The van der Waals surface area contributed by atoms with Crippen LogP contribution in [-0.4, -0.2) is 59.8 Å². The summed E-state index contributed by atoms with van der Waals surface area (Å²) in [4.78, 5) is 24.6. The third kappa shape index (κ3) is 4.37. The minimum absolute atomic E-state index is 0.0203. The number of esters is 2. The van der Waals surface area contributed by atoms with Crippen LogP contribution in [0.4, 0.5) is 0 Å². The van der Waals surface area contributed by atoms with Gasteiger partial charge < -0.3 is 24.1 Å². The molecule has 0 spiro atoms.